The third kappa shape index (κ3) is 3.37. The average Bonchev–Trinajstić information content (AvgIpc) is 2.77. The van der Waals surface area contributed by atoms with Gasteiger partial charge in [-0.25, -0.2) is 0 Å². The monoisotopic (exact) mass is 296 g/mol. The number of Topliss-reactive ketones (excluding diaryl/α,β-unsaturated/α-hetero) is 1. The molecule has 2 aromatic rings. The quantitative estimate of drug-likeness (QED) is 0.584. The molecule has 1 aromatic heterocycles. The van der Waals surface area contributed by atoms with Gasteiger partial charge in [-0.05, 0) is 37.6 Å². The van der Waals surface area contributed by atoms with Gasteiger partial charge in [-0.2, -0.15) is 0 Å². The van der Waals surface area contributed by atoms with Gasteiger partial charge in [0.1, 0.15) is 0 Å². The molecular formula is C14H13ClOS2. The summed E-state index contributed by atoms with van der Waals surface area (Å²) in [5.41, 5.74) is 2.43. The van der Waals surface area contributed by atoms with Gasteiger partial charge in [0.2, 0.25) is 0 Å². The second-order valence-electron chi connectivity index (χ2n) is 4.08. The fourth-order valence-corrected chi connectivity index (χ4v) is 3.62. The standard InChI is InChI=1S/C14H13ClOS2/c1-9-3-4-10(2)13(7-9)17-8-11(16)12-5-6-14(15)18-12/h3-7H,8H2,1-2H3. The maximum Gasteiger partial charge on any atom is 0.183 e. The largest absolute Gasteiger partial charge is 0.292 e. The molecule has 4 heteroatoms. The minimum Gasteiger partial charge on any atom is -0.292 e. The summed E-state index contributed by atoms with van der Waals surface area (Å²) < 4.78 is 0.662. The van der Waals surface area contributed by atoms with Gasteiger partial charge in [0, 0.05) is 4.90 Å². The first-order chi connectivity index (χ1) is 8.56. The summed E-state index contributed by atoms with van der Waals surface area (Å²) in [4.78, 5) is 13.9. The zero-order chi connectivity index (χ0) is 13.1. The molecule has 0 N–H and O–H groups in total. The highest BCUT2D eigenvalue weighted by Crippen LogP contribution is 2.27. The van der Waals surface area contributed by atoms with E-state index in [1.54, 1.807) is 23.9 Å². The Hall–Kier alpha value is -0.770. The molecule has 0 spiro atoms. The van der Waals surface area contributed by atoms with Gasteiger partial charge >= 0.3 is 0 Å². The van der Waals surface area contributed by atoms with E-state index >= 15 is 0 Å². The number of hydrogen-bond donors (Lipinski definition) is 0. The number of aryl methyl sites for hydroxylation is 2. The molecule has 0 saturated heterocycles. The van der Waals surface area contributed by atoms with Gasteiger partial charge in [0.15, 0.2) is 5.78 Å². The SMILES string of the molecule is Cc1ccc(C)c(SCC(=O)c2ccc(Cl)s2)c1. The van der Waals surface area contributed by atoms with Crippen molar-refractivity contribution >= 4 is 40.5 Å². The van der Waals surface area contributed by atoms with Crippen molar-refractivity contribution in [3.8, 4) is 0 Å². The molecule has 94 valence electrons. The number of hydrogen-bond acceptors (Lipinski definition) is 3. The van der Waals surface area contributed by atoms with Crippen LogP contribution in [-0.4, -0.2) is 11.5 Å². The molecule has 1 nitrogen and oxygen atoms in total. The first-order valence-electron chi connectivity index (χ1n) is 5.55. The van der Waals surface area contributed by atoms with Gasteiger partial charge in [-0.15, -0.1) is 23.1 Å². The molecule has 0 radical (unpaired) electrons. The molecule has 0 saturated carbocycles. The Balaban J connectivity index is 2.03. The lowest BCUT2D eigenvalue weighted by Gasteiger charge is -2.05. The Kier molecular flexibility index (Phi) is 4.49. The minimum atomic E-state index is 0.137. The lowest BCUT2D eigenvalue weighted by molar-refractivity contribution is 0.102. The number of thioether (sulfide) groups is 1. The van der Waals surface area contributed by atoms with Crippen LogP contribution >= 0.6 is 34.7 Å². The summed E-state index contributed by atoms with van der Waals surface area (Å²) in [6.07, 6.45) is 0. The maximum absolute atomic E-state index is 12.0. The highest BCUT2D eigenvalue weighted by atomic mass is 35.5. The van der Waals surface area contributed by atoms with E-state index in [1.807, 2.05) is 0 Å². The van der Waals surface area contributed by atoms with E-state index in [4.69, 9.17) is 11.6 Å². The molecule has 0 amide bonds. The Labute approximate surface area is 120 Å². The fraction of sp³-hybridized carbons (Fsp3) is 0.214. The molecule has 1 heterocycles. The van der Waals surface area contributed by atoms with Crippen LogP contribution in [0, 0.1) is 13.8 Å². The highest BCUT2D eigenvalue weighted by molar-refractivity contribution is 8.00. The van der Waals surface area contributed by atoms with Gasteiger partial charge < -0.3 is 0 Å². The Bertz CT molecular complexity index is 575. The van der Waals surface area contributed by atoms with Crippen molar-refractivity contribution in [2.75, 3.05) is 5.75 Å². The van der Waals surface area contributed by atoms with Crippen LogP contribution in [0.3, 0.4) is 0 Å². The first kappa shape index (κ1) is 13.7. The van der Waals surface area contributed by atoms with Crippen molar-refractivity contribution < 1.29 is 4.79 Å². The summed E-state index contributed by atoms with van der Waals surface area (Å²) in [7, 11) is 0. The Morgan fingerprint density at radius 1 is 1.28 bits per heavy atom. The number of ketones is 1. The predicted molar refractivity (Wildman–Crippen MR) is 80.3 cm³/mol. The van der Waals surface area contributed by atoms with E-state index in [0.717, 1.165) is 4.88 Å². The molecule has 0 unspecified atom stereocenters. The predicted octanol–water partition coefficient (Wildman–Crippen LogP) is 4.99. The van der Waals surface area contributed by atoms with Crippen LogP contribution in [0.25, 0.3) is 0 Å². The molecule has 1 aromatic carbocycles. The van der Waals surface area contributed by atoms with Crippen LogP contribution < -0.4 is 0 Å². The van der Waals surface area contributed by atoms with Gasteiger partial charge in [0.25, 0.3) is 0 Å². The minimum absolute atomic E-state index is 0.137. The van der Waals surface area contributed by atoms with Crippen molar-refractivity contribution in [2.24, 2.45) is 0 Å². The number of carbonyl (C=O) groups is 1. The molecule has 0 aliphatic carbocycles. The van der Waals surface area contributed by atoms with Crippen LogP contribution in [0.1, 0.15) is 20.8 Å². The second kappa shape index (κ2) is 5.91. The van der Waals surface area contributed by atoms with E-state index in [2.05, 4.69) is 32.0 Å². The number of thiophene rings is 1. The van der Waals surface area contributed by atoms with E-state index in [9.17, 15) is 4.79 Å². The number of rotatable bonds is 4. The summed E-state index contributed by atoms with van der Waals surface area (Å²) in [6.45, 7) is 4.12. The van der Waals surface area contributed by atoms with Gasteiger partial charge in [0.05, 0.1) is 15.0 Å². The molecule has 0 atom stereocenters. The second-order valence-corrected chi connectivity index (χ2v) is 6.82. The number of benzene rings is 1. The van der Waals surface area contributed by atoms with Crippen molar-refractivity contribution in [1.29, 1.82) is 0 Å². The van der Waals surface area contributed by atoms with Crippen molar-refractivity contribution in [3.05, 3.63) is 50.7 Å². The summed E-state index contributed by atoms with van der Waals surface area (Å²) in [5.74, 6) is 0.596. The van der Waals surface area contributed by atoms with E-state index in [-0.39, 0.29) is 5.78 Å². The van der Waals surface area contributed by atoms with Crippen molar-refractivity contribution in [3.63, 3.8) is 0 Å². The zero-order valence-electron chi connectivity index (χ0n) is 10.2. The normalized spacial score (nSPS) is 10.6. The maximum atomic E-state index is 12.0. The third-order valence-corrected chi connectivity index (χ3v) is 4.98. The summed E-state index contributed by atoms with van der Waals surface area (Å²) >= 11 is 8.76. The van der Waals surface area contributed by atoms with E-state index in [1.165, 1.54) is 27.4 Å². The fourth-order valence-electron chi connectivity index (χ4n) is 1.54. The van der Waals surface area contributed by atoms with Crippen LogP contribution in [0.2, 0.25) is 4.34 Å². The average molecular weight is 297 g/mol. The highest BCUT2D eigenvalue weighted by Gasteiger charge is 2.10. The van der Waals surface area contributed by atoms with Gasteiger partial charge in [-0.3, -0.25) is 4.79 Å². The molecule has 0 fully saturated rings. The molecule has 0 aliphatic heterocycles. The van der Waals surface area contributed by atoms with Crippen LogP contribution in [0.15, 0.2) is 35.2 Å². The van der Waals surface area contributed by atoms with Crippen LogP contribution in [0.4, 0.5) is 0 Å². The zero-order valence-corrected chi connectivity index (χ0v) is 12.6. The van der Waals surface area contributed by atoms with Crippen LogP contribution in [0.5, 0.6) is 0 Å². The molecule has 2 rings (SSSR count). The molecule has 0 aliphatic rings. The molecule has 0 bridgehead atoms. The lowest BCUT2D eigenvalue weighted by Crippen LogP contribution is -1.99. The van der Waals surface area contributed by atoms with Crippen molar-refractivity contribution in [1.82, 2.24) is 0 Å². The third-order valence-electron chi connectivity index (χ3n) is 2.55. The molecule has 18 heavy (non-hydrogen) atoms. The summed E-state index contributed by atoms with van der Waals surface area (Å²) in [6, 6.07) is 9.85. The smallest absolute Gasteiger partial charge is 0.183 e. The lowest BCUT2D eigenvalue weighted by atomic mass is 10.2. The Morgan fingerprint density at radius 2 is 2.06 bits per heavy atom. The van der Waals surface area contributed by atoms with E-state index < -0.39 is 0 Å². The van der Waals surface area contributed by atoms with Crippen LogP contribution in [-0.2, 0) is 0 Å². The topological polar surface area (TPSA) is 17.1 Å². The Morgan fingerprint density at radius 3 is 2.72 bits per heavy atom. The van der Waals surface area contributed by atoms with Crippen molar-refractivity contribution in [2.45, 2.75) is 18.7 Å². The van der Waals surface area contributed by atoms with E-state index in [0.29, 0.717) is 10.1 Å². The molecular weight excluding hydrogens is 284 g/mol. The first-order valence-corrected chi connectivity index (χ1v) is 7.73. The van der Waals surface area contributed by atoms with Gasteiger partial charge in [-0.1, -0.05) is 29.3 Å². The number of carbonyl (C=O) groups excluding carboxylic acids is 1. The number of halogens is 1. The summed E-state index contributed by atoms with van der Waals surface area (Å²) in [5, 5.41) is 0.